The molecular weight excluding hydrogens is 384 g/mol. The molecule has 1 aromatic heterocycles. The molecule has 30 heavy (non-hydrogen) atoms. The van der Waals surface area contributed by atoms with Gasteiger partial charge in [0.1, 0.15) is 12.4 Å². The van der Waals surface area contributed by atoms with Crippen molar-refractivity contribution < 1.29 is 19.1 Å². The highest BCUT2D eigenvalue weighted by Gasteiger charge is 2.27. The quantitative estimate of drug-likeness (QED) is 0.677. The van der Waals surface area contributed by atoms with E-state index in [1.54, 1.807) is 12.1 Å². The molecule has 1 atom stereocenters. The van der Waals surface area contributed by atoms with Crippen LogP contribution in [0.4, 0.5) is 5.69 Å². The maximum atomic E-state index is 12.5. The number of carbonyl (C=O) groups excluding carboxylic acids is 2. The minimum atomic E-state index is -0.715. The lowest BCUT2D eigenvalue weighted by atomic mass is 10.2. The number of aryl methyl sites for hydroxylation is 1. The van der Waals surface area contributed by atoms with E-state index in [9.17, 15) is 9.59 Å². The molecule has 1 aliphatic heterocycles. The van der Waals surface area contributed by atoms with E-state index in [-0.39, 0.29) is 30.9 Å². The van der Waals surface area contributed by atoms with Crippen LogP contribution < -0.4 is 20.1 Å². The van der Waals surface area contributed by atoms with Crippen molar-refractivity contribution in [2.24, 2.45) is 13.0 Å². The molecule has 8 heteroatoms. The Bertz CT molecular complexity index is 1110. The molecule has 0 saturated carbocycles. The number of amides is 2. The van der Waals surface area contributed by atoms with Crippen LogP contribution in [-0.2, 0) is 23.2 Å². The number of benzene rings is 2. The van der Waals surface area contributed by atoms with Crippen LogP contribution in [0.15, 0.2) is 42.5 Å². The first kappa shape index (κ1) is 19.8. The van der Waals surface area contributed by atoms with E-state index >= 15 is 0 Å². The van der Waals surface area contributed by atoms with Gasteiger partial charge in [-0.15, -0.1) is 0 Å². The molecule has 0 bridgehead atoms. The van der Waals surface area contributed by atoms with E-state index in [1.807, 2.05) is 55.8 Å². The summed E-state index contributed by atoms with van der Waals surface area (Å²) in [5.74, 6) is 1.48. The van der Waals surface area contributed by atoms with Crippen molar-refractivity contribution in [3.8, 4) is 11.5 Å². The summed E-state index contributed by atoms with van der Waals surface area (Å²) in [7, 11) is 1.89. The fourth-order valence-electron chi connectivity index (χ4n) is 3.20. The third-order valence-electron chi connectivity index (χ3n) is 4.99. The van der Waals surface area contributed by atoms with Crippen LogP contribution in [0, 0.1) is 5.92 Å². The number of nitrogens with one attached hydrogen (secondary N) is 2. The molecule has 8 nitrogen and oxygen atoms in total. The summed E-state index contributed by atoms with van der Waals surface area (Å²) in [6, 6.07) is 12.8. The lowest BCUT2D eigenvalue weighted by Crippen LogP contribution is -2.43. The molecule has 2 aromatic carbocycles. The van der Waals surface area contributed by atoms with Crippen LogP contribution in [0.1, 0.15) is 19.7 Å². The number of para-hydroxylation sites is 2. The Labute approximate surface area is 174 Å². The van der Waals surface area contributed by atoms with Gasteiger partial charge < -0.3 is 24.7 Å². The minimum Gasteiger partial charge on any atom is -0.485 e. The molecule has 0 spiro atoms. The zero-order valence-corrected chi connectivity index (χ0v) is 17.1. The SMILES string of the molecule is CC(C)C(=O)Nc1ccc2c(c1)nc(CNC(=O)[C@@H]1COc3ccccc3O1)n2C. The van der Waals surface area contributed by atoms with Crippen LogP contribution in [0.5, 0.6) is 11.5 Å². The molecule has 0 saturated heterocycles. The fourth-order valence-corrected chi connectivity index (χ4v) is 3.20. The number of imidazole rings is 1. The number of carbonyl (C=O) groups is 2. The number of rotatable bonds is 5. The lowest BCUT2D eigenvalue weighted by Gasteiger charge is -2.25. The van der Waals surface area contributed by atoms with Crippen molar-refractivity contribution in [3.05, 3.63) is 48.3 Å². The number of ether oxygens (including phenoxy) is 2. The summed E-state index contributed by atoms with van der Waals surface area (Å²) in [6.07, 6.45) is -0.715. The molecule has 156 valence electrons. The van der Waals surface area contributed by atoms with Crippen LogP contribution in [0.25, 0.3) is 11.0 Å². The lowest BCUT2D eigenvalue weighted by molar-refractivity contribution is -0.130. The van der Waals surface area contributed by atoms with Gasteiger partial charge in [0.25, 0.3) is 5.91 Å². The number of fused-ring (bicyclic) bond motifs is 2. The number of nitrogens with zero attached hydrogens (tertiary/aromatic N) is 2. The van der Waals surface area contributed by atoms with Crippen LogP contribution in [-0.4, -0.2) is 34.1 Å². The molecule has 0 radical (unpaired) electrons. The first-order valence-electron chi connectivity index (χ1n) is 9.85. The monoisotopic (exact) mass is 408 g/mol. The van der Waals surface area contributed by atoms with E-state index < -0.39 is 6.10 Å². The van der Waals surface area contributed by atoms with Crippen molar-refractivity contribution in [1.82, 2.24) is 14.9 Å². The van der Waals surface area contributed by atoms with Crippen LogP contribution in [0.3, 0.4) is 0 Å². The normalized spacial score (nSPS) is 15.3. The molecule has 2 amide bonds. The third-order valence-corrected chi connectivity index (χ3v) is 4.99. The van der Waals surface area contributed by atoms with Crippen molar-refractivity contribution in [2.75, 3.05) is 11.9 Å². The molecule has 3 aromatic rings. The van der Waals surface area contributed by atoms with Gasteiger partial charge in [-0.2, -0.15) is 0 Å². The average Bonchev–Trinajstić information content (AvgIpc) is 3.06. The van der Waals surface area contributed by atoms with E-state index in [1.165, 1.54) is 0 Å². The second kappa shape index (κ2) is 8.06. The summed E-state index contributed by atoms with van der Waals surface area (Å²) in [6.45, 7) is 4.09. The Kier molecular flexibility index (Phi) is 5.31. The first-order valence-corrected chi connectivity index (χ1v) is 9.85. The van der Waals surface area contributed by atoms with E-state index in [0.29, 0.717) is 23.0 Å². The molecule has 1 aliphatic rings. The van der Waals surface area contributed by atoms with E-state index in [0.717, 1.165) is 11.0 Å². The second-order valence-corrected chi connectivity index (χ2v) is 7.52. The van der Waals surface area contributed by atoms with Gasteiger partial charge in [-0.3, -0.25) is 9.59 Å². The largest absolute Gasteiger partial charge is 0.485 e. The zero-order chi connectivity index (χ0) is 21.3. The molecule has 2 N–H and O–H groups in total. The van der Waals surface area contributed by atoms with Crippen LogP contribution >= 0.6 is 0 Å². The standard InChI is InChI=1S/C22H24N4O4/c1-13(2)21(27)24-14-8-9-16-15(10-14)25-20(26(16)3)11-23-22(28)19-12-29-17-6-4-5-7-18(17)30-19/h4-10,13,19H,11-12H2,1-3H3,(H,23,28)(H,24,27)/t19-/m0/s1. The summed E-state index contributed by atoms with van der Waals surface area (Å²) in [5, 5.41) is 5.74. The second-order valence-electron chi connectivity index (χ2n) is 7.52. The predicted molar refractivity (Wildman–Crippen MR) is 112 cm³/mol. The van der Waals surface area contributed by atoms with Crippen molar-refractivity contribution in [2.45, 2.75) is 26.5 Å². The maximum absolute atomic E-state index is 12.5. The first-order chi connectivity index (χ1) is 14.4. The van der Waals surface area contributed by atoms with Crippen LogP contribution in [0.2, 0.25) is 0 Å². The minimum absolute atomic E-state index is 0.0472. The summed E-state index contributed by atoms with van der Waals surface area (Å²) in [4.78, 5) is 29.1. The van der Waals surface area contributed by atoms with Gasteiger partial charge in [0.2, 0.25) is 12.0 Å². The van der Waals surface area contributed by atoms with Crippen molar-refractivity contribution in [3.63, 3.8) is 0 Å². The Morgan fingerprint density at radius 2 is 1.97 bits per heavy atom. The topological polar surface area (TPSA) is 94.5 Å². The fraction of sp³-hybridized carbons (Fsp3) is 0.318. The Morgan fingerprint density at radius 3 is 2.73 bits per heavy atom. The van der Waals surface area contributed by atoms with Gasteiger partial charge in [0.15, 0.2) is 11.5 Å². The average molecular weight is 408 g/mol. The van der Waals surface area contributed by atoms with Gasteiger partial charge in [-0.1, -0.05) is 26.0 Å². The van der Waals surface area contributed by atoms with Gasteiger partial charge in [-0.05, 0) is 30.3 Å². The highest BCUT2D eigenvalue weighted by Crippen LogP contribution is 2.30. The molecule has 0 fully saturated rings. The maximum Gasteiger partial charge on any atom is 0.265 e. The molecule has 0 unspecified atom stereocenters. The molecule has 0 aliphatic carbocycles. The molecular formula is C22H24N4O4. The van der Waals surface area contributed by atoms with Crippen molar-refractivity contribution >= 4 is 28.5 Å². The molecule has 4 rings (SSSR count). The Balaban J connectivity index is 1.43. The van der Waals surface area contributed by atoms with E-state index in [2.05, 4.69) is 15.6 Å². The van der Waals surface area contributed by atoms with Gasteiger partial charge >= 0.3 is 0 Å². The number of aromatic nitrogens is 2. The van der Waals surface area contributed by atoms with Gasteiger partial charge in [-0.25, -0.2) is 4.98 Å². The highest BCUT2D eigenvalue weighted by atomic mass is 16.6. The summed E-state index contributed by atoms with van der Waals surface area (Å²) < 4.78 is 13.3. The molecule has 2 heterocycles. The van der Waals surface area contributed by atoms with Gasteiger partial charge in [0, 0.05) is 18.7 Å². The third kappa shape index (κ3) is 3.94. The Morgan fingerprint density at radius 1 is 1.20 bits per heavy atom. The highest BCUT2D eigenvalue weighted by molar-refractivity contribution is 5.94. The number of hydrogen-bond acceptors (Lipinski definition) is 5. The van der Waals surface area contributed by atoms with Crippen molar-refractivity contribution in [1.29, 1.82) is 0 Å². The zero-order valence-electron chi connectivity index (χ0n) is 17.1. The summed E-state index contributed by atoms with van der Waals surface area (Å²) >= 11 is 0. The predicted octanol–water partition coefficient (Wildman–Crippen LogP) is 2.62. The van der Waals surface area contributed by atoms with E-state index in [4.69, 9.17) is 9.47 Å². The smallest absolute Gasteiger partial charge is 0.265 e. The Hall–Kier alpha value is -3.55. The number of hydrogen-bond donors (Lipinski definition) is 2. The number of anilines is 1. The summed E-state index contributed by atoms with van der Waals surface area (Å²) in [5.41, 5.74) is 2.35. The van der Waals surface area contributed by atoms with Gasteiger partial charge in [0.05, 0.1) is 17.6 Å².